The van der Waals surface area contributed by atoms with Crippen molar-refractivity contribution in [1.29, 1.82) is 0 Å². The third kappa shape index (κ3) is 2.21. The molecule has 0 aromatic heterocycles. The van der Waals surface area contributed by atoms with E-state index < -0.39 is 0 Å². The fourth-order valence-electron chi connectivity index (χ4n) is 1.64. The average Bonchev–Trinajstić information content (AvgIpc) is 2.03. The topological polar surface area (TPSA) is 20.3 Å². The van der Waals surface area contributed by atoms with Gasteiger partial charge in [-0.15, -0.1) is 0 Å². The number of carbonyl (C=O) groups is 1. The van der Waals surface area contributed by atoms with Gasteiger partial charge in [0.1, 0.15) is 0 Å². The molecule has 11 heavy (non-hydrogen) atoms. The van der Waals surface area contributed by atoms with Crippen molar-refractivity contribution in [3.05, 3.63) is 0 Å². The molecule has 1 amide bonds. The quantitative estimate of drug-likeness (QED) is 0.564. The SMILES string of the molecule is CCC(=O)N1CCCC(C)C1. The Morgan fingerprint density at radius 2 is 2.36 bits per heavy atom. The van der Waals surface area contributed by atoms with Crippen molar-refractivity contribution in [3.63, 3.8) is 0 Å². The number of amides is 1. The summed E-state index contributed by atoms with van der Waals surface area (Å²) in [6.45, 7) is 6.11. The zero-order chi connectivity index (χ0) is 8.27. The van der Waals surface area contributed by atoms with E-state index in [1.807, 2.05) is 11.8 Å². The highest BCUT2D eigenvalue weighted by atomic mass is 16.2. The Morgan fingerprint density at radius 1 is 1.64 bits per heavy atom. The van der Waals surface area contributed by atoms with E-state index in [-0.39, 0.29) is 0 Å². The second-order valence-corrected chi connectivity index (χ2v) is 3.44. The number of carbonyl (C=O) groups excluding carboxylic acids is 1. The lowest BCUT2D eigenvalue weighted by Gasteiger charge is -2.30. The van der Waals surface area contributed by atoms with E-state index in [0.29, 0.717) is 18.2 Å². The van der Waals surface area contributed by atoms with Crippen molar-refractivity contribution in [2.45, 2.75) is 33.1 Å². The van der Waals surface area contributed by atoms with Crippen molar-refractivity contribution in [3.8, 4) is 0 Å². The van der Waals surface area contributed by atoms with E-state index in [4.69, 9.17) is 0 Å². The van der Waals surface area contributed by atoms with Crippen LogP contribution in [0.3, 0.4) is 0 Å². The maximum atomic E-state index is 11.2. The Kier molecular flexibility index (Phi) is 2.92. The Hall–Kier alpha value is -0.530. The lowest BCUT2D eigenvalue weighted by molar-refractivity contribution is -0.132. The van der Waals surface area contributed by atoms with Gasteiger partial charge in [0.2, 0.25) is 5.91 Å². The highest BCUT2D eigenvalue weighted by molar-refractivity contribution is 5.75. The molecule has 0 radical (unpaired) electrons. The second-order valence-electron chi connectivity index (χ2n) is 3.44. The minimum Gasteiger partial charge on any atom is -0.342 e. The Bertz CT molecular complexity index is 144. The summed E-state index contributed by atoms with van der Waals surface area (Å²) >= 11 is 0. The number of hydrogen-bond donors (Lipinski definition) is 0. The number of rotatable bonds is 1. The van der Waals surface area contributed by atoms with Crippen LogP contribution in [-0.2, 0) is 4.79 Å². The monoisotopic (exact) mass is 155 g/mol. The molecule has 0 aliphatic carbocycles. The minimum absolute atomic E-state index is 0.316. The van der Waals surface area contributed by atoms with E-state index in [2.05, 4.69) is 6.92 Å². The first-order valence-corrected chi connectivity index (χ1v) is 4.51. The lowest BCUT2D eigenvalue weighted by atomic mass is 10.0. The third-order valence-corrected chi connectivity index (χ3v) is 2.31. The summed E-state index contributed by atoms with van der Waals surface area (Å²) in [6, 6.07) is 0. The number of likely N-dealkylation sites (tertiary alicyclic amines) is 1. The first-order valence-electron chi connectivity index (χ1n) is 4.51. The predicted molar refractivity (Wildman–Crippen MR) is 45.3 cm³/mol. The van der Waals surface area contributed by atoms with Crippen LogP contribution in [0.15, 0.2) is 0 Å². The molecule has 1 aliphatic heterocycles. The number of nitrogens with zero attached hydrogens (tertiary/aromatic N) is 1. The van der Waals surface area contributed by atoms with Gasteiger partial charge in [-0.25, -0.2) is 0 Å². The zero-order valence-corrected chi connectivity index (χ0v) is 7.47. The first-order chi connectivity index (χ1) is 5.24. The highest BCUT2D eigenvalue weighted by Crippen LogP contribution is 2.15. The average molecular weight is 155 g/mol. The fraction of sp³-hybridized carbons (Fsp3) is 0.889. The summed E-state index contributed by atoms with van der Waals surface area (Å²) in [6.07, 6.45) is 3.13. The molecular formula is C9H17NO. The van der Waals surface area contributed by atoms with Crippen LogP contribution in [0.4, 0.5) is 0 Å². The van der Waals surface area contributed by atoms with Crippen LogP contribution >= 0.6 is 0 Å². The van der Waals surface area contributed by atoms with Gasteiger partial charge in [0, 0.05) is 19.5 Å². The van der Waals surface area contributed by atoms with Gasteiger partial charge in [0.25, 0.3) is 0 Å². The van der Waals surface area contributed by atoms with Crippen molar-refractivity contribution < 1.29 is 4.79 Å². The third-order valence-electron chi connectivity index (χ3n) is 2.31. The standard InChI is InChI=1S/C9H17NO/c1-3-9(11)10-6-4-5-8(2)7-10/h8H,3-7H2,1-2H3. The van der Waals surface area contributed by atoms with Gasteiger partial charge < -0.3 is 4.90 Å². The first kappa shape index (κ1) is 8.57. The van der Waals surface area contributed by atoms with Crippen LogP contribution in [0.1, 0.15) is 33.1 Å². The smallest absolute Gasteiger partial charge is 0.222 e. The van der Waals surface area contributed by atoms with Crippen molar-refractivity contribution >= 4 is 5.91 Å². The van der Waals surface area contributed by atoms with Crippen LogP contribution in [0.25, 0.3) is 0 Å². The maximum absolute atomic E-state index is 11.2. The molecule has 1 saturated heterocycles. The lowest BCUT2D eigenvalue weighted by Crippen LogP contribution is -2.38. The molecule has 2 heteroatoms. The summed E-state index contributed by atoms with van der Waals surface area (Å²) in [4.78, 5) is 13.2. The number of piperidine rings is 1. The van der Waals surface area contributed by atoms with Crippen molar-refractivity contribution in [1.82, 2.24) is 4.90 Å². The molecule has 2 nitrogen and oxygen atoms in total. The molecule has 1 atom stereocenters. The molecular weight excluding hydrogens is 138 g/mol. The summed E-state index contributed by atoms with van der Waals surface area (Å²) in [7, 11) is 0. The van der Waals surface area contributed by atoms with Crippen LogP contribution < -0.4 is 0 Å². The predicted octanol–water partition coefficient (Wildman–Crippen LogP) is 1.65. The van der Waals surface area contributed by atoms with Gasteiger partial charge >= 0.3 is 0 Å². The van der Waals surface area contributed by atoms with Crippen LogP contribution in [0.2, 0.25) is 0 Å². The van der Waals surface area contributed by atoms with Crippen LogP contribution in [0.5, 0.6) is 0 Å². The molecule has 64 valence electrons. The van der Waals surface area contributed by atoms with Gasteiger partial charge in [0.15, 0.2) is 0 Å². The minimum atomic E-state index is 0.316. The summed E-state index contributed by atoms with van der Waals surface area (Å²) in [5, 5.41) is 0. The van der Waals surface area contributed by atoms with E-state index in [1.165, 1.54) is 12.8 Å². The van der Waals surface area contributed by atoms with Crippen LogP contribution in [-0.4, -0.2) is 23.9 Å². The molecule has 1 aliphatic rings. The number of hydrogen-bond acceptors (Lipinski definition) is 1. The van der Waals surface area contributed by atoms with Crippen molar-refractivity contribution in [2.75, 3.05) is 13.1 Å². The van der Waals surface area contributed by atoms with E-state index in [1.54, 1.807) is 0 Å². The van der Waals surface area contributed by atoms with E-state index in [0.717, 1.165) is 13.1 Å². The highest BCUT2D eigenvalue weighted by Gasteiger charge is 2.18. The summed E-state index contributed by atoms with van der Waals surface area (Å²) in [5.41, 5.74) is 0. The molecule has 0 aromatic carbocycles. The molecule has 0 N–H and O–H groups in total. The molecule has 1 heterocycles. The second kappa shape index (κ2) is 3.74. The molecule has 1 fully saturated rings. The molecule has 0 bridgehead atoms. The Labute approximate surface area is 68.6 Å². The zero-order valence-electron chi connectivity index (χ0n) is 7.47. The van der Waals surface area contributed by atoms with E-state index >= 15 is 0 Å². The molecule has 0 aromatic rings. The molecule has 0 spiro atoms. The molecule has 1 unspecified atom stereocenters. The van der Waals surface area contributed by atoms with Gasteiger partial charge in [-0.05, 0) is 18.8 Å². The normalized spacial score (nSPS) is 25.3. The maximum Gasteiger partial charge on any atom is 0.222 e. The van der Waals surface area contributed by atoms with Gasteiger partial charge in [-0.1, -0.05) is 13.8 Å². The van der Waals surface area contributed by atoms with Gasteiger partial charge in [0.05, 0.1) is 0 Å². The molecule has 0 saturated carbocycles. The Morgan fingerprint density at radius 3 is 2.91 bits per heavy atom. The summed E-state index contributed by atoms with van der Waals surface area (Å²) < 4.78 is 0. The summed E-state index contributed by atoms with van der Waals surface area (Å²) in [5.74, 6) is 1.02. The largest absolute Gasteiger partial charge is 0.342 e. The van der Waals surface area contributed by atoms with Crippen LogP contribution in [0, 0.1) is 5.92 Å². The Balaban J connectivity index is 2.39. The van der Waals surface area contributed by atoms with Crippen molar-refractivity contribution in [2.24, 2.45) is 5.92 Å². The van der Waals surface area contributed by atoms with E-state index in [9.17, 15) is 4.79 Å². The fourth-order valence-corrected chi connectivity index (χ4v) is 1.64. The van der Waals surface area contributed by atoms with Gasteiger partial charge in [-0.2, -0.15) is 0 Å². The van der Waals surface area contributed by atoms with Gasteiger partial charge in [-0.3, -0.25) is 4.79 Å². The molecule has 1 rings (SSSR count).